The van der Waals surface area contributed by atoms with Crippen LogP contribution in [0.1, 0.15) is 5.56 Å². The molecule has 0 amide bonds. The van der Waals surface area contributed by atoms with Crippen molar-refractivity contribution in [3.63, 3.8) is 0 Å². The van der Waals surface area contributed by atoms with Crippen LogP contribution in [0.2, 0.25) is 0 Å². The predicted molar refractivity (Wildman–Crippen MR) is 88.6 cm³/mol. The summed E-state index contributed by atoms with van der Waals surface area (Å²) in [7, 11) is 1.53. The fourth-order valence-corrected chi connectivity index (χ4v) is 2.45. The van der Waals surface area contributed by atoms with Gasteiger partial charge in [-0.1, -0.05) is 54.1 Å². The summed E-state index contributed by atoms with van der Waals surface area (Å²) in [6.07, 6.45) is 0. The van der Waals surface area contributed by atoms with Crippen molar-refractivity contribution in [3.8, 4) is 28.0 Å². The third-order valence-corrected chi connectivity index (χ3v) is 3.76. The maximum Gasteiger partial charge on any atom is 0.134 e. The molecular weight excluding hydrogens is 275 g/mol. The molecule has 0 fully saturated rings. The average molecular weight is 292 g/mol. The zero-order valence-corrected chi connectivity index (χ0v) is 12.6. The van der Waals surface area contributed by atoms with Gasteiger partial charge in [0.2, 0.25) is 0 Å². The number of aryl methyl sites for hydroxylation is 1. The fourth-order valence-electron chi connectivity index (χ4n) is 2.45. The molecule has 0 aromatic heterocycles. The Morgan fingerprint density at radius 3 is 1.82 bits per heavy atom. The highest BCUT2D eigenvalue weighted by Crippen LogP contribution is 2.28. The molecule has 0 N–H and O–H groups in total. The molecule has 0 aliphatic heterocycles. The number of halogens is 1. The lowest BCUT2D eigenvalue weighted by Crippen LogP contribution is -1.88. The van der Waals surface area contributed by atoms with E-state index in [2.05, 4.69) is 31.2 Å². The number of hydrogen-bond donors (Lipinski definition) is 0. The number of benzene rings is 3. The molecule has 0 heterocycles. The first-order valence-electron chi connectivity index (χ1n) is 7.18. The van der Waals surface area contributed by atoms with Crippen LogP contribution in [-0.4, -0.2) is 7.11 Å². The van der Waals surface area contributed by atoms with Crippen LogP contribution in [0, 0.1) is 12.7 Å². The molecule has 22 heavy (non-hydrogen) atoms. The van der Waals surface area contributed by atoms with Crippen LogP contribution in [0.3, 0.4) is 0 Å². The minimum absolute atomic E-state index is 0.276. The summed E-state index contributed by atoms with van der Waals surface area (Å²) in [5.41, 5.74) is 4.96. The highest BCUT2D eigenvalue weighted by Gasteiger charge is 2.07. The highest BCUT2D eigenvalue weighted by molar-refractivity contribution is 5.71. The molecule has 0 bridgehead atoms. The monoisotopic (exact) mass is 292 g/mol. The minimum Gasteiger partial charge on any atom is -0.497 e. The summed E-state index contributed by atoms with van der Waals surface area (Å²) in [4.78, 5) is 0. The van der Waals surface area contributed by atoms with Crippen molar-refractivity contribution in [1.29, 1.82) is 0 Å². The van der Waals surface area contributed by atoms with E-state index in [1.165, 1.54) is 18.7 Å². The second-order valence-electron chi connectivity index (χ2n) is 5.29. The third kappa shape index (κ3) is 2.86. The lowest BCUT2D eigenvalue weighted by atomic mass is 9.99. The highest BCUT2D eigenvalue weighted by atomic mass is 19.1. The summed E-state index contributed by atoms with van der Waals surface area (Å²) in [6.45, 7) is 2.07. The van der Waals surface area contributed by atoms with Crippen LogP contribution in [0.15, 0.2) is 66.7 Å². The summed E-state index contributed by atoms with van der Waals surface area (Å²) >= 11 is 0. The average Bonchev–Trinajstić information content (AvgIpc) is 2.56. The Hall–Kier alpha value is -2.61. The Morgan fingerprint density at radius 2 is 1.27 bits per heavy atom. The van der Waals surface area contributed by atoms with Crippen molar-refractivity contribution >= 4 is 0 Å². The molecule has 3 rings (SSSR count). The normalized spacial score (nSPS) is 10.5. The van der Waals surface area contributed by atoms with Crippen molar-refractivity contribution in [2.24, 2.45) is 0 Å². The van der Waals surface area contributed by atoms with E-state index >= 15 is 0 Å². The second-order valence-corrected chi connectivity index (χ2v) is 5.29. The molecule has 0 aliphatic rings. The first-order valence-corrected chi connectivity index (χ1v) is 7.18. The van der Waals surface area contributed by atoms with Crippen LogP contribution in [0.5, 0.6) is 5.75 Å². The molecule has 0 radical (unpaired) electrons. The Morgan fingerprint density at radius 1 is 0.727 bits per heavy atom. The fraction of sp³-hybridized carbons (Fsp3) is 0.100. The Labute approximate surface area is 130 Å². The van der Waals surface area contributed by atoms with Gasteiger partial charge in [-0.3, -0.25) is 0 Å². The van der Waals surface area contributed by atoms with Crippen LogP contribution >= 0.6 is 0 Å². The molecule has 1 nitrogen and oxygen atoms in total. The molecule has 3 aromatic carbocycles. The van der Waals surface area contributed by atoms with Crippen molar-refractivity contribution in [2.45, 2.75) is 6.92 Å². The molecule has 3 aromatic rings. The summed E-state index contributed by atoms with van der Waals surface area (Å²) < 4.78 is 19.1. The maximum atomic E-state index is 14.1. The first kappa shape index (κ1) is 14.3. The van der Waals surface area contributed by atoms with E-state index < -0.39 is 0 Å². The van der Waals surface area contributed by atoms with Gasteiger partial charge in [0.15, 0.2) is 0 Å². The van der Waals surface area contributed by atoms with Crippen LogP contribution < -0.4 is 4.74 Å². The number of methoxy groups -OCH3 is 1. The van der Waals surface area contributed by atoms with Gasteiger partial charge in [-0.2, -0.15) is 0 Å². The predicted octanol–water partition coefficient (Wildman–Crippen LogP) is 5.48. The maximum absolute atomic E-state index is 14.1. The molecule has 0 aliphatic carbocycles. The van der Waals surface area contributed by atoms with Gasteiger partial charge < -0.3 is 4.74 Å². The molecule has 2 heteroatoms. The quantitative estimate of drug-likeness (QED) is 0.621. The molecule has 0 unspecified atom stereocenters. The summed E-state index contributed by atoms with van der Waals surface area (Å²) in [5.74, 6) is 0.250. The zero-order valence-electron chi connectivity index (χ0n) is 12.6. The Bertz CT molecular complexity index is 774. The van der Waals surface area contributed by atoms with E-state index in [1.54, 1.807) is 12.1 Å². The van der Waals surface area contributed by atoms with E-state index in [1.807, 2.05) is 24.3 Å². The van der Waals surface area contributed by atoms with Gasteiger partial charge >= 0.3 is 0 Å². The Kier molecular flexibility index (Phi) is 3.92. The Balaban J connectivity index is 1.92. The SMILES string of the molecule is COc1ccc(-c2ccc(-c3ccc(C)cc3)cc2)c(F)c1. The zero-order chi connectivity index (χ0) is 15.5. The van der Waals surface area contributed by atoms with Crippen LogP contribution in [0.4, 0.5) is 4.39 Å². The van der Waals surface area contributed by atoms with Gasteiger partial charge in [-0.15, -0.1) is 0 Å². The van der Waals surface area contributed by atoms with Gasteiger partial charge in [0.05, 0.1) is 7.11 Å². The van der Waals surface area contributed by atoms with Crippen LogP contribution in [0.25, 0.3) is 22.3 Å². The number of hydrogen-bond acceptors (Lipinski definition) is 1. The molecule has 110 valence electrons. The lowest BCUT2D eigenvalue weighted by Gasteiger charge is -2.08. The van der Waals surface area contributed by atoms with E-state index in [-0.39, 0.29) is 5.82 Å². The number of ether oxygens (including phenoxy) is 1. The van der Waals surface area contributed by atoms with E-state index in [0.717, 1.165) is 16.7 Å². The molecule has 0 atom stereocenters. The third-order valence-electron chi connectivity index (χ3n) is 3.76. The van der Waals surface area contributed by atoms with Gasteiger partial charge in [0.1, 0.15) is 11.6 Å². The summed E-state index contributed by atoms with van der Waals surface area (Å²) in [5, 5.41) is 0. The van der Waals surface area contributed by atoms with Gasteiger partial charge in [0, 0.05) is 11.6 Å². The van der Waals surface area contributed by atoms with Crippen molar-refractivity contribution < 1.29 is 9.13 Å². The molecule has 0 saturated carbocycles. The number of rotatable bonds is 3. The standard InChI is InChI=1S/C20H17FO/c1-14-3-5-15(6-4-14)16-7-9-17(10-8-16)19-12-11-18(22-2)13-20(19)21/h3-13H,1-2H3. The smallest absolute Gasteiger partial charge is 0.134 e. The molecule has 0 spiro atoms. The van der Waals surface area contributed by atoms with E-state index in [4.69, 9.17) is 4.74 Å². The van der Waals surface area contributed by atoms with Crippen LogP contribution in [-0.2, 0) is 0 Å². The molecule has 0 saturated heterocycles. The van der Waals surface area contributed by atoms with Gasteiger partial charge in [0.25, 0.3) is 0 Å². The second kappa shape index (κ2) is 6.02. The first-order chi connectivity index (χ1) is 10.7. The molecular formula is C20H17FO. The summed E-state index contributed by atoms with van der Waals surface area (Å²) in [6, 6.07) is 21.2. The van der Waals surface area contributed by atoms with Crippen molar-refractivity contribution in [3.05, 3.63) is 78.1 Å². The van der Waals surface area contributed by atoms with E-state index in [9.17, 15) is 4.39 Å². The van der Waals surface area contributed by atoms with Gasteiger partial charge in [-0.05, 0) is 35.7 Å². The largest absolute Gasteiger partial charge is 0.497 e. The minimum atomic E-state index is -0.276. The van der Waals surface area contributed by atoms with Gasteiger partial charge in [-0.25, -0.2) is 4.39 Å². The lowest BCUT2D eigenvalue weighted by molar-refractivity contribution is 0.411. The topological polar surface area (TPSA) is 9.23 Å². The van der Waals surface area contributed by atoms with E-state index in [0.29, 0.717) is 11.3 Å². The van der Waals surface area contributed by atoms with Crippen molar-refractivity contribution in [2.75, 3.05) is 7.11 Å². The van der Waals surface area contributed by atoms with Crippen molar-refractivity contribution in [1.82, 2.24) is 0 Å².